The lowest BCUT2D eigenvalue weighted by atomic mass is 10.0. The van der Waals surface area contributed by atoms with Crippen LogP contribution in [0.25, 0.3) is 6.08 Å². The first-order valence-corrected chi connectivity index (χ1v) is 8.86. The van der Waals surface area contributed by atoms with E-state index >= 15 is 0 Å². The highest BCUT2D eigenvalue weighted by molar-refractivity contribution is 6.30. The van der Waals surface area contributed by atoms with Crippen molar-refractivity contribution in [2.45, 2.75) is 26.3 Å². The predicted molar refractivity (Wildman–Crippen MR) is 99.0 cm³/mol. The molecule has 1 aromatic carbocycles. The fourth-order valence-electron chi connectivity index (χ4n) is 2.85. The third-order valence-electron chi connectivity index (χ3n) is 4.36. The lowest BCUT2D eigenvalue weighted by molar-refractivity contribution is -0.136. The number of carbonyl (C=O) groups is 3. The van der Waals surface area contributed by atoms with Crippen LogP contribution in [0.5, 0.6) is 11.5 Å². The molecule has 0 radical (unpaired) electrons. The van der Waals surface area contributed by atoms with Crippen LogP contribution in [0.3, 0.4) is 0 Å². The van der Waals surface area contributed by atoms with Gasteiger partial charge in [-0.3, -0.25) is 19.4 Å². The van der Waals surface area contributed by atoms with E-state index in [0.717, 1.165) is 22.3 Å². The van der Waals surface area contributed by atoms with E-state index in [9.17, 15) is 24.6 Å². The maximum atomic E-state index is 12.9. The number of unbranched alkanes of at least 4 members (excludes halogenated alkanes) is 1. The van der Waals surface area contributed by atoms with Gasteiger partial charge in [-0.25, -0.2) is 4.79 Å². The molecule has 2 aromatic rings. The molecule has 1 fully saturated rings. The van der Waals surface area contributed by atoms with Crippen molar-refractivity contribution in [1.29, 1.82) is 0 Å². The largest absolute Gasteiger partial charge is 0.508 e. The topological polar surface area (TPSA) is 111 Å². The molecule has 146 valence electrons. The van der Waals surface area contributed by atoms with Gasteiger partial charge in [-0.1, -0.05) is 13.3 Å². The highest BCUT2D eigenvalue weighted by atomic mass is 16.3. The molecule has 0 unspecified atom stereocenters. The Morgan fingerprint density at radius 3 is 2.46 bits per heavy atom. The fraction of sp³-hybridized carbons (Fsp3) is 0.250. The molecule has 0 aliphatic carbocycles. The molecular formula is C20H20N2O6. The van der Waals surface area contributed by atoms with Gasteiger partial charge in [-0.15, -0.1) is 0 Å². The van der Waals surface area contributed by atoms with Gasteiger partial charge in [-0.05, 0) is 36.8 Å². The molecular weight excluding hydrogens is 364 g/mol. The average Bonchev–Trinajstić information content (AvgIpc) is 3.17. The second-order valence-corrected chi connectivity index (χ2v) is 6.36. The van der Waals surface area contributed by atoms with Gasteiger partial charge < -0.3 is 14.6 Å². The summed E-state index contributed by atoms with van der Waals surface area (Å²) < 4.78 is 5.23. The predicted octanol–water partition coefficient (Wildman–Crippen LogP) is 2.87. The Hall–Kier alpha value is -3.55. The fourth-order valence-corrected chi connectivity index (χ4v) is 2.85. The van der Waals surface area contributed by atoms with Gasteiger partial charge >= 0.3 is 6.03 Å². The third-order valence-corrected chi connectivity index (χ3v) is 4.36. The van der Waals surface area contributed by atoms with Crippen LogP contribution in [0.15, 0.2) is 46.6 Å². The molecule has 1 aliphatic heterocycles. The van der Waals surface area contributed by atoms with E-state index in [0.29, 0.717) is 12.2 Å². The zero-order valence-electron chi connectivity index (χ0n) is 15.3. The molecule has 8 heteroatoms. The summed E-state index contributed by atoms with van der Waals surface area (Å²) in [5.41, 5.74) is -0.0690. The molecule has 1 aromatic heterocycles. The van der Waals surface area contributed by atoms with Crippen molar-refractivity contribution in [2.24, 2.45) is 0 Å². The van der Waals surface area contributed by atoms with Crippen molar-refractivity contribution in [2.75, 3.05) is 6.54 Å². The van der Waals surface area contributed by atoms with Gasteiger partial charge in [-0.2, -0.15) is 0 Å². The van der Waals surface area contributed by atoms with Crippen LogP contribution < -0.4 is 0 Å². The minimum absolute atomic E-state index is 0.112. The van der Waals surface area contributed by atoms with Gasteiger partial charge in [0.05, 0.1) is 12.8 Å². The van der Waals surface area contributed by atoms with Crippen LogP contribution >= 0.6 is 0 Å². The summed E-state index contributed by atoms with van der Waals surface area (Å²) in [6.45, 7) is 1.99. The monoisotopic (exact) mass is 384 g/mol. The highest BCUT2D eigenvalue weighted by Crippen LogP contribution is 2.28. The standard InChI is InChI=1S/C20H20N2O6/c1-2-3-8-21-18(25)16(10-13-6-7-14(23)11-17(13)24)19(26)22(20(21)27)12-15-5-4-9-28-15/h4-7,9-11,23-24H,2-3,8,12H2,1H3. The molecule has 0 saturated carbocycles. The average molecular weight is 384 g/mol. The summed E-state index contributed by atoms with van der Waals surface area (Å²) in [4.78, 5) is 40.4. The molecule has 0 bridgehead atoms. The molecule has 1 aliphatic rings. The van der Waals surface area contributed by atoms with Gasteiger partial charge in [0.2, 0.25) is 0 Å². The van der Waals surface area contributed by atoms with Crippen LogP contribution in [-0.2, 0) is 16.1 Å². The molecule has 2 N–H and O–H groups in total. The lowest BCUT2D eigenvalue weighted by Gasteiger charge is -2.33. The molecule has 2 heterocycles. The summed E-state index contributed by atoms with van der Waals surface area (Å²) >= 11 is 0. The number of hydrogen-bond donors (Lipinski definition) is 2. The Balaban J connectivity index is 2.01. The van der Waals surface area contributed by atoms with E-state index in [-0.39, 0.29) is 35.7 Å². The molecule has 1 saturated heterocycles. The normalized spacial score (nSPS) is 16.3. The van der Waals surface area contributed by atoms with Crippen molar-refractivity contribution < 1.29 is 29.0 Å². The second kappa shape index (κ2) is 7.99. The summed E-state index contributed by atoms with van der Waals surface area (Å²) in [5, 5.41) is 19.4. The third kappa shape index (κ3) is 3.75. The number of rotatable bonds is 6. The van der Waals surface area contributed by atoms with Crippen molar-refractivity contribution in [1.82, 2.24) is 9.80 Å². The number of phenolic OH excluding ortho intramolecular Hbond substituents is 2. The maximum absolute atomic E-state index is 12.9. The molecule has 0 spiro atoms. The number of carbonyl (C=O) groups excluding carboxylic acids is 3. The van der Waals surface area contributed by atoms with Crippen LogP contribution in [0.4, 0.5) is 4.79 Å². The smallest absolute Gasteiger partial charge is 0.334 e. The lowest BCUT2D eigenvalue weighted by Crippen LogP contribution is -2.56. The van der Waals surface area contributed by atoms with E-state index in [1.165, 1.54) is 24.5 Å². The number of benzene rings is 1. The van der Waals surface area contributed by atoms with Crippen molar-refractivity contribution >= 4 is 23.9 Å². The summed E-state index contributed by atoms with van der Waals surface area (Å²) in [6.07, 6.45) is 4.01. The number of hydrogen-bond acceptors (Lipinski definition) is 6. The summed E-state index contributed by atoms with van der Waals surface area (Å²) in [5.74, 6) is -1.53. The first kappa shape index (κ1) is 19.2. The van der Waals surface area contributed by atoms with Gasteiger partial charge in [0.1, 0.15) is 22.8 Å². The SMILES string of the molecule is CCCCN1C(=O)C(=Cc2ccc(O)cc2O)C(=O)N(Cc2ccco2)C1=O. The molecule has 4 amide bonds. The van der Waals surface area contributed by atoms with E-state index in [1.807, 2.05) is 6.92 Å². The number of amides is 4. The van der Waals surface area contributed by atoms with E-state index in [1.54, 1.807) is 12.1 Å². The van der Waals surface area contributed by atoms with Crippen molar-refractivity contribution in [3.05, 3.63) is 53.5 Å². The van der Waals surface area contributed by atoms with E-state index < -0.39 is 17.8 Å². The van der Waals surface area contributed by atoms with Gasteiger partial charge in [0, 0.05) is 18.2 Å². The van der Waals surface area contributed by atoms with Crippen LogP contribution in [0.2, 0.25) is 0 Å². The minimum Gasteiger partial charge on any atom is -0.508 e. The number of imide groups is 2. The van der Waals surface area contributed by atoms with Crippen LogP contribution in [0.1, 0.15) is 31.1 Å². The zero-order chi connectivity index (χ0) is 20.3. The number of phenols is 2. The number of urea groups is 1. The zero-order valence-corrected chi connectivity index (χ0v) is 15.3. The van der Waals surface area contributed by atoms with E-state index in [4.69, 9.17) is 4.42 Å². The Bertz CT molecular complexity index is 932. The Kier molecular flexibility index (Phi) is 5.49. The number of furan rings is 1. The summed E-state index contributed by atoms with van der Waals surface area (Å²) in [6, 6.07) is 6.37. The van der Waals surface area contributed by atoms with Gasteiger partial charge in [0.25, 0.3) is 11.8 Å². The van der Waals surface area contributed by atoms with Crippen molar-refractivity contribution in [3.63, 3.8) is 0 Å². The van der Waals surface area contributed by atoms with Gasteiger partial charge in [0.15, 0.2) is 0 Å². The van der Waals surface area contributed by atoms with Crippen LogP contribution in [0, 0.1) is 0 Å². The molecule has 28 heavy (non-hydrogen) atoms. The maximum Gasteiger partial charge on any atom is 0.334 e. The van der Waals surface area contributed by atoms with Crippen LogP contribution in [-0.4, -0.2) is 44.4 Å². The quantitative estimate of drug-likeness (QED) is 0.585. The summed E-state index contributed by atoms with van der Waals surface area (Å²) in [7, 11) is 0. The molecule has 8 nitrogen and oxygen atoms in total. The Morgan fingerprint density at radius 2 is 1.82 bits per heavy atom. The van der Waals surface area contributed by atoms with Crippen molar-refractivity contribution in [3.8, 4) is 11.5 Å². The molecule has 3 rings (SSSR count). The number of barbiturate groups is 1. The van der Waals surface area contributed by atoms with E-state index in [2.05, 4.69) is 0 Å². The Morgan fingerprint density at radius 1 is 1.07 bits per heavy atom. The Labute approximate surface area is 161 Å². The number of nitrogens with zero attached hydrogens (tertiary/aromatic N) is 2. The number of aromatic hydroxyl groups is 2. The first-order chi connectivity index (χ1) is 13.4. The second-order valence-electron chi connectivity index (χ2n) is 6.36. The first-order valence-electron chi connectivity index (χ1n) is 8.86. The highest BCUT2D eigenvalue weighted by Gasteiger charge is 2.42. The molecule has 0 atom stereocenters. The minimum atomic E-state index is -0.772.